The maximum Gasteiger partial charge on any atom is 0.283 e. The van der Waals surface area contributed by atoms with Crippen molar-refractivity contribution in [2.45, 2.75) is 45.8 Å². The summed E-state index contributed by atoms with van der Waals surface area (Å²) < 4.78 is 6.30. The summed E-state index contributed by atoms with van der Waals surface area (Å²) in [5, 5.41) is 4.27. The Labute approximate surface area is 120 Å². The first-order valence-corrected chi connectivity index (χ1v) is 7.49. The fourth-order valence-corrected chi connectivity index (χ4v) is 4.48. The predicted octanol–water partition coefficient (Wildman–Crippen LogP) is 3.94. The van der Waals surface area contributed by atoms with Crippen molar-refractivity contribution in [3.63, 3.8) is 0 Å². The van der Waals surface area contributed by atoms with Crippen LogP contribution in [0.25, 0.3) is 0 Å². The molecule has 1 aromatic carbocycles. The van der Waals surface area contributed by atoms with Crippen LogP contribution in [-0.2, 0) is 9.57 Å². The van der Waals surface area contributed by atoms with E-state index < -0.39 is 5.79 Å². The largest absolute Gasteiger partial charge is 0.429 e. The minimum atomic E-state index is -0.551. The van der Waals surface area contributed by atoms with E-state index in [0.717, 1.165) is 18.4 Å². The van der Waals surface area contributed by atoms with Crippen molar-refractivity contribution in [3.05, 3.63) is 35.9 Å². The van der Waals surface area contributed by atoms with Gasteiger partial charge in [0, 0.05) is 12.0 Å². The molecule has 3 aliphatic rings. The van der Waals surface area contributed by atoms with E-state index >= 15 is 0 Å². The van der Waals surface area contributed by atoms with E-state index in [9.17, 15) is 0 Å². The molecule has 0 aromatic heterocycles. The maximum atomic E-state index is 6.30. The summed E-state index contributed by atoms with van der Waals surface area (Å²) in [6.07, 6.45) is 3.39. The molecule has 0 radical (unpaired) electrons. The highest BCUT2D eigenvalue weighted by Crippen LogP contribution is 2.71. The molecule has 0 saturated heterocycles. The fourth-order valence-electron chi connectivity index (χ4n) is 4.48. The van der Waals surface area contributed by atoms with Gasteiger partial charge in [0.15, 0.2) is 0 Å². The van der Waals surface area contributed by atoms with Crippen molar-refractivity contribution < 1.29 is 9.57 Å². The van der Waals surface area contributed by atoms with Gasteiger partial charge in [0.05, 0.1) is 5.41 Å². The van der Waals surface area contributed by atoms with Crippen molar-refractivity contribution in [2.75, 3.05) is 0 Å². The summed E-state index contributed by atoms with van der Waals surface area (Å²) in [7, 11) is 0. The van der Waals surface area contributed by atoms with Crippen molar-refractivity contribution in [1.29, 1.82) is 0 Å². The van der Waals surface area contributed by atoms with Crippen LogP contribution in [0, 0.1) is 16.7 Å². The van der Waals surface area contributed by atoms with Crippen molar-refractivity contribution in [1.82, 2.24) is 0 Å². The van der Waals surface area contributed by atoms with Gasteiger partial charge in [-0.2, -0.15) is 0 Å². The Morgan fingerprint density at radius 3 is 2.50 bits per heavy atom. The van der Waals surface area contributed by atoms with Gasteiger partial charge in [0.25, 0.3) is 11.7 Å². The maximum absolute atomic E-state index is 6.30. The van der Waals surface area contributed by atoms with Crippen LogP contribution in [0.2, 0.25) is 0 Å². The van der Waals surface area contributed by atoms with Gasteiger partial charge in [-0.05, 0) is 41.5 Å². The minimum Gasteiger partial charge on any atom is -0.429 e. The molecule has 3 heteroatoms. The SMILES string of the molecule is CC1(C)[C@@H]2CC[C@@]1(C)[C@@]1(C2)ON=C(c2ccccc2)O1. The normalized spacial score (nSPS) is 40.5. The van der Waals surface area contributed by atoms with Crippen LogP contribution < -0.4 is 0 Å². The van der Waals surface area contributed by atoms with Gasteiger partial charge in [-0.15, -0.1) is 0 Å². The molecule has 4 rings (SSSR count). The predicted molar refractivity (Wildman–Crippen MR) is 77.1 cm³/mol. The number of benzene rings is 1. The minimum absolute atomic E-state index is 0.0324. The second kappa shape index (κ2) is 3.57. The van der Waals surface area contributed by atoms with E-state index in [1.54, 1.807) is 0 Å². The first-order valence-electron chi connectivity index (χ1n) is 7.49. The van der Waals surface area contributed by atoms with Crippen molar-refractivity contribution >= 4 is 5.90 Å². The Balaban J connectivity index is 1.68. The number of hydrogen-bond donors (Lipinski definition) is 0. The molecular weight excluding hydrogens is 250 g/mol. The molecule has 1 heterocycles. The zero-order valence-electron chi connectivity index (χ0n) is 12.3. The van der Waals surface area contributed by atoms with E-state index in [-0.39, 0.29) is 10.8 Å². The summed E-state index contributed by atoms with van der Waals surface area (Å²) in [6.45, 7) is 7.02. The van der Waals surface area contributed by atoms with Gasteiger partial charge < -0.3 is 9.57 Å². The summed E-state index contributed by atoms with van der Waals surface area (Å²) in [5.41, 5.74) is 1.27. The van der Waals surface area contributed by atoms with Gasteiger partial charge >= 0.3 is 0 Å². The molecule has 1 spiro atoms. The second-order valence-corrected chi connectivity index (χ2v) is 7.20. The molecule has 20 heavy (non-hydrogen) atoms. The van der Waals surface area contributed by atoms with E-state index in [0.29, 0.717) is 11.8 Å². The smallest absolute Gasteiger partial charge is 0.283 e. The number of oxime groups is 1. The van der Waals surface area contributed by atoms with Crippen LogP contribution in [0.15, 0.2) is 35.5 Å². The Morgan fingerprint density at radius 2 is 1.90 bits per heavy atom. The summed E-state index contributed by atoms with van der Waals surface area (Å²) in [4.78, 5) is 5.91. The topological polar surface area (TPSA) is 30.8 Å². The Hall–Kier alpha value is -1.51. The summed E-state index contributed by atoms with van der Waals surface area (Å²) in [5.74, 6) is 0.748. The molecule has 2 bridgehead atoms. The molecule has 2 fully saturated rings. The molecule has 3 nitrogen and oxygen atoms in total. The van der Waals surface area contributed by atoms with Crippen LogP contribution in [0.4, 0.5) is 0 Å². The average Bonchev–Trinajstić information content (AvgIpc) is 3.01. The standard InChI is InChI=1S/C17H21NO2/c1-15(2)13-9-10-16(15,3)17(11-13)19-14(18-20-17)12-7-5-4-6-8-12/h4-8,13H,9-11H2,1-3H3/t13-,16-,17-/m1/s1. The summed E-state index contributed by atoms with van der Waals surface area (Å²) in [6, 6.07) is 10.0. The highest BCUT2D eigenvalue weighted by atomic mass is 16.8. The van der Waals surface area contributed by atoms with Crippen LogP contribution in [-0.4, -0.2) is 11.7 Å². The third-order valence-electron chi connectivity index (χ3n) is 6.35. The Kier molecular flexibility index (Phi) is 2.19. The number of hydrogen-bond acceptors (Lipinski definition) is 3. The van der Waals surface area contributed by atoms with Crippen molar-refractivity contribution in [3.8, 4) is 0 Å². The van der Waals surface area contributed by atoms with Gasteiger partial charge in [0.1, 0.15) is 0 Å². The molecule has 2 saturated carbocycles. The highest BCUT2D eigenvalue weighted by Gasteiger charge is 2.74. The van der Waals surface area contributed by atoms with Gasteiger partial charge in [-0.3, -0.25) is 0 Å². The Bertz CT molecular complexity index is 580. The van der Waals surface area contributed by atoms with Crippen LogP contribution in [0.3, 0.4) is 0 Å². The molecule has 1 aliphatic heterocycles. The lowest BCUT2D eigenvalue weighted by atomic mass is 9.68. The molecule has 0 amide bonds. The highest BCUT2D eigenvalue weighted by molar-refractivity contribution is 5.94. The third-order valence-corrected chi connectivity index (χ3v) is 6.35. The monoisotopic (exact) mass is 271 g/mol. The van der Waals surface area contributed by atoms with E-state index in [2.05, 4.69) is 25.9 Å². The molecule has 1 aromatic rings. The third kappa shape index (κ3) is 1.24. The molecule has 3 atom stereocenters. The van der Waals surface area contributed by atoms with E-state index in [1.165, 1.54) is 6.42 Å². The van der Waals surface area contributed by atoms with Gasteiger partial charge in [-0.1, -0.05) is 39.0 Å². The average molecular weight is 271 g/mol. The molecule has 0 N–H and O–H groups in total. The number of nitrogens with zero attached hydrogens (tertiary/aromatic N) is 1. The molecular formula is C17H21NO2. The number of fused-ring (bicyclic) bond motifs is 3. The lowest BCUT2D eigenvalue weighted by molar-refractivity contribution is -0.237. The lowest BCUT2D eigenvalue weighted by Gasteiger charge is -2.42. The summed E-state index contributed by atoms with van der Waals surface area (Å²) >= 11 is 0. The van der Waals surface area contributed by atoms with Gasteiger partial charge in [-0.25, -0.2) is 0 Å². The zero-order chi connectivity index (χ0) is 14.0. The van der Waals surface area contributed by atoms with Crippen LogP contribution in [0.5, 0.6) is 0 Å². The second-order valence-electron chi connectivity index (χ2n) is 7.20. The van der Waals surface area contributed by atoms with Crippen molar-refractivity contribution in [2.24, 2.45) is 21.9 Å². The van der Waals surface area contributed by atoms with Crippen LogP contribution in [0.1, 0.15) is 45.6 Å². The molecule has 106 valence electrons. The van der Waals surface area contributed by atoms with Gasteiger partial charge in [0.2, 0.25) is 0 Å². The Morgan fingerprint density at radius 1 is 1.15 bits per heavy atom. The van der Waals surface area contributed by atoms with E-state index in [4.69, 9.17) is 9.57 Å². The lowest BCUT2D eigenvalue weighted by Crippen LogP contribution is -2.48. The zero-order valence-corrected chi connectivity index (χ0v) is 12.3. The first-order chi connectivity index (χ1) is 9.49. The van der Waals surface area contributed by atoms with E-state index in [1.807, 2.05) is 30.3 Å². The number of ether oxygens (including phenoxy) is 1. The first kappa shape index (κ1) is 12.2. The molecule has 2 aliphatic carbocycles. The number of rotatable bonds is 1. The van der Waals surface area contributed by atoms with Crippen LogP contribution >= 0.6 is 0 Å². The fraction of sp³-hybridized carbons (Fsp3) is 0.588. The quantitative estimate of drug-likeness (QED) is 0.774. The molecule has 0 unspecified atom stereocenters.